The van der Waals surface area contributed by atoms with Crippen LogP contribution in [0.3, 0.4) is 0 Å². The summed E-state index contributed by atoms with van der Waals surface area (Å²) in [5.41, 5.74) is -4.85. The van der Waals surface area contributed by atoms with Gasteiger partial charge in [-0.1, -0.05) is 0 Å². The predicted molar refractivity (Wildman–Crippen MR) is 109 cm³/mol. The van der Waals surface area contributed by atoms with Gasteiger partial charge in [-0.2, -0.15) is 26.3 Å². The van der Waals surface area contributed by atoms with Crippen LogP contribution >= 0.6 is 0 Å². The fraction of sp³-hybridized carbons (Fsp3) is 0.435. The molecule has 35 heavy (non-hydrogen) atoms. The van der Waals surface area contributed by atoms with Crippen molar-refractivity contribution in [2.45, 2.75) is 50.5 Å². The first-order valence-electron chi connectivity index (χ1n) is 10.7. The number of carbonyl (C=O) groups excluding carboxylic acids is 1. The third-order valence-electron chi connectivity index (χ3n) is 6.21. The van der Waals surface area contributed by atoms with Crippen LogP contribution in [0, 0.1) is 11.7 Å². The smallest absolute Gasteiger partial charge is 0.367 e. The number of alkyl halides is 8. The molecule has 1 amide bonds. The van der Waals surface area contributed by atoms with Gasteiger partial charge in [-0.15, -0.1) is 0 Å². The van der Waals surface area contributed by atoms with Gasteiger partial charge >= 0.3 is 12.4 Å². The normalized spacial score (nSPS) is 18.1. The van der Waals surface area contributed by atoms with Crippen LogP contribution < -0.4 is 10.2 Å². The first-order chi connectivity index (χ1) is 16.1. The van der Waals surface area contributed by atoms with Crippen molar-refractivity contribution in [3.8, 4) is 0 Å². The third kappa shape index (κ3) is 5.35. The lowest BCUT2D eigenvalue weighted by molar-refractivity contribution is -0.142. The van der Waals surface area contributed by atoms with E-state index in [9.17, 15) is 44.3 Å². The fourth-order valence-electron chi connectivity index (χ4n) is 4.66. The number of benzene rings is 2. The Hall–Kier alpha value is -2.92. The first-order valence-corrected chi connectivity index (χ1v) is 10.7. The molecule has 2 aromatic carbocycles. The molecule has 1 heterocycles. The van der Waals surface area contributed by atoms with Crippen molar-refractivity contribution in [1.29, 1.82) is 0 Å². The van der Waals surface area contributed by atoms with Gasteiger partial charge in [0.25, 0.3) is 0 Å². The topological polar surface area (TPSA) is 32.3 Å². The van der Waals surface area contributed by atoms with E-state index in [2.05, 4.69) is 0 Å². The highest BCUT2D eigenvalue weighted by atomic mass is 19.4. The van der Waals surface area contributed by atoms with Crippen molar-refractivity contribution < 1.29 is 44.3 Å². The molecule has 3 nitrogen and oxygen atoms in total. The summed E-state index contributed by atoms with van der Waals surface area (Å²) < 4.78 is 123. The van der Waals surface area contributed by atoms with Crippen molar-refractivity contribution in [3.05, 3.63) is 58.4 Å². The molecule has 1 N–H and O–H groups in total. The highest BCUT2D eigenvalue weighted by Crippen LogP contribution is 2.48. The molecule has 2 aromatic rings. The zero-order chi connectivity index (χ0) is 25.8. The summed E-state index contributed by atoms with van der Waals surface area (Å²) >= 11 is 0. The molecular formula is C23H19F9N2O. The number of fused-ring (bicyclic) bond motifs is 1. The van der Waals surface area contributed by atoms with Gasteiger partial charge in [-0.25, -0.2) is 13.2 Å². The molecule has 0 saturated heterocycles. The van der Waals surface area contributed by atoms with E-state index in [0.29, 0.717) is 11.8 Å². The SMILES string of the molecule is O=C(CC1CC(F)(F)C1)Nc1c(C(F)(F)F)cc2c(c1C(F)(F)F)CCN(c1ccc(F)cc1)C2. The van der Waals surface area contributed by atoms with Crippen LogP contribution in [0.4, 0.5) is 50.9 Å². The van der Waals surface area contributed by atoms with E-state index < -0.39 is 72.0 Å². The number of anilines is 2. The van der Waals surface area contributed by atoms with Crippen LogP contribution in [0.2, 0.25) is 0 Å². The van der Waals surface area contributed by atoms with Crippen LogP contribution in [-0.4, -0.2) is 18.4 Å². The quantitative estimate of drug-likeness (QED) is 0.459. The summed E-state index contributed by atoms with van der Waals surface area (Å²) in [4.78, 5) is 13.8. The van der Waals surface area contributed by atoms with Crippen molar-refractivity contribution in [2.24, 2.45) is 5.92 Å². The van der Waals surface area contributed by atoms with E-state index >= 15 is 0 Å². The molecule has 1 aliphatic carbocycles. The Morgan fingerprint density at radius 1 is 1.03 bits per heavy atom. The Bertz CT molecular complexity index is 1120. The van der Waals surface area contributed by atoms with Gasteiger partial charge in [0.15, 0.2) is 0 Å². The minimum Gasteiger partial charge on any atom is -0.367 e. The van der Waals surface area contributed by atoms with Gasteiger partial charge in [-0.05, 0) is 53.8 Å². The van der Waals surface area contributed by atoms with Crippen LogP contribution in [-0.2, 0) is 30.1 Å². The molecule has 4 rings (SSSR count). The second kappa shape index (κ2) is 8.63. The molecule has 0 unspecified atom stereocenters. The number of amides is 1. The molecule has 2 aliphatic rings. The summed E-state index contributed by atoms with van der Waals surface area (Å²) in [6, 6.07) is 5.57. The minimum atomic E-state index is -5.24. The first kappa shape index (κ1) is 25.2. The Labute approximate surface area is 193 Å². The van der Waals surface area contributed by atoms with E-state index in [1.807, 2.05) is 0 Å². The van der Waals surface area contributed by atoms with Crippen molar-refractivity contribution >= 4 is 17.3 Å². The Morgan fingerprint density at radius 3 is 2.20 bits per heavy atom. The molecule has 0 aromatic heterocycles. The maximum Gasteiger partial charge on any atom is 0.418 e. The van der Waals surface area contributed by atoms with Crippen LogP contribution in [0.5, 0.6) is 0 Å². The zero-order valence-electron chi connectivity index (χ0n) is 18.0. The van der Waals surface area contributed by atoms with Crippen LogP contribution in [0.25, 0.3) is 0 Å². The van der Waals surface area contributed by atoms with Crippen LogP contribution in [0.15, 0.2) is 30.3 Å². The standard InChI is InChI=1S/C23H19F9N2O/c24-14-1-3-15(4-2-14)34-6-5-16-13(11-34)8-17(22(27,28)29)20(19(16)23(30,31)32)33-18(35)7-12-9-21(25,26)10-12/h1-4,8,12H,5-7,9-11H2,(H,33,35). The lowest BCUT2D eigenvalue weighted by atomic mass is 9.79. The summed E-state index contributed by atoms with van der Waals surface area (Å²) in [5.74, 6) is -5.54. The average Bonchev–Trinajstić information content (AvgIpc) is 2.70. The number of hydrogen-bond donors (Lipinski definition) is 1. The van der Waals surface area contributed by atoms with Gasteiger partial charge in [0.05, 0.1) is 16.8 Å². The second-order valence-electron chi connectivity index (χ2n) is 8.84. The van der Waals surface area contributed by atoms with E-state index in [4.69, 9.17) is 0 Å². The number of nitrogens with one attached hydrogen (secondary N) is 1. The number of carbonyl (C=O) groups is 1. The highest BCUT2D eigenvalue weighted by Gasteiger charge is 2.47. The number of rotatable bonds is 4. The third-order valence-corrected chi connectivity index (χ3v) is 6.21. The summed E-state index contributed by atoms with van der Waals surface area (Å²) in [5, 5.41) is 1.74. The summed E-state index contributed by atoms with van der Waals surface area (Å²) in [6.07, 6.45) is -12.7. The molecule has 0 radical (unpaired) electrons. The minimum absolute atomic E-state index is 0.0115. The molecule has 1 aliphatic heterocycles. The zero-order valence-corrected chi connectivity index (χ0v) is 18.0. The molecule has 0 atom stereocenters. The van der Waals surface area contributed by atoms with Crippen molar-refractivity contribution in [3.63, 3.8) is 0 Å². The fourth-order valence-corrected chi connectivity index (χ4v) is 4.66. The maximum absolute atomic E-state index is 14.1. The van der Waals surface area contributed by atoms with E-state index in [1.54, 1.807) is 5.32 Å². The van der Waals surface area contributed by atoms with Crippen LogP contribution in [0.1, 0.15) is 41.5 Å². The maximum atomic E-state index is 14.1. The van der Waals surface area contributed by atoms with Gasteiger partial charge in [0.1, 0.15) is 5.82 Å². The molecule has 0 spiro atoms. The van der Waals surface area contributed by atoms with Crippen molar-refractivity contribution in [1.82, 2.24) is 0 Å². The monoisotopic (exact) mass is 510 g/mol. The molecule has 12 heteroatoms. The largest absolute Gasteiger partial charge is 0.418 e. The van der Waals surface area contributed by atoms with E-state index in [0.717, 1.165) is 12.1 Å². The van der Waals surface area contributed by atoms with Gasteiger partial charge in [0, 0.05) is 38.0 Å². The lowest BCUT2D eigenvalue weighted by Gasteiger charge is -2.35. The number of halogens is 9. The highest BCUT2D eigenvalue weighted by molar-refractivity contribution is 5.93. The van der Waals surface area contributed by atoms with Gasteiger partial charge < -0.3 is 10.2 Å². The molecule has 0 bridgehead atoms. The van der Waals surface area contributed by atoms with E-state index in [1.165, 1.54) is 17.0 Å². The molecular weight excluding hydrogens is 491 g/mol. The van der Waals surface area contributed by atoms with Crippen molar-refractivity contribution in [2.75, 3.05) is 16.8 Å². The lowest BCUT2D eigenvalue weighted by Crippen LogP contribution is -2.38. The number of nitrogens with zero attached hydrogens (tertiary/aromatic N) is 1. The Kier molecular flexibility index (Phi) is 6.21. The average molecular weight is 510 g/mol. The summed E-state index contributed by atoms with van der Waals surface area (Å²) in [7, 11) is 0. The van der Waals surface area contributed by atoms with Gasteiger partial charge in [0.2, 0.25) is 11.8 Å². The summed E-state index contributed by atoms with van der Waals surface area (Å²) in [6.45, 7) is -0.282. The van der Waals surface area contributed by atoms with E-state index in [-0.39, 0.29) is 30.6 Å². The molecule has 190 valence electrons. The number of hydrogen-bond acceptors (Lipinski definition) is 2. The molecule has 1 saturated carbocycles. The second-order valence-corrected chi connectivity index (χ2v) is 8.84. The van der Waals surface area contributed by atoms with Gasteiger partial charge in [-0.3, -0.25) is 4.79 Å². The molecule has 1 fully saturated rings. The Morgan fingerprint density at radius 2 is 1.66 bits per heavy atom. The predicted octanol–water partition coefficient (Wildman–Crippen LogP) is 6.80. The Balaban J connectivity index is 1.72.